The Morgan fingerprint density at radius 3 is 2.31 bits per heavy atom. The molecule has 0 aromatic rings. The van der Waals surface area contributed by atoms with Crippen LogP contribution in [0.3, 0.4) is 0 Å². The van der Waals surface area contributed by atoms with Crippen LogP contribution in [-0.2, 0) is 9.53 Å². The van der Waals surface area contributed by atoms with Crippen LogP contribution in [0.25, 0.3) is 0 Å². The van der Waals surface area contributed by atoms with Crippen LogP contribution >= 0.6 is 0 Å². The van der Waals surface area contributed by atoms with Crippen LogP contribution in [0.15, 0.2) is 0 Å². The van der Waals surface area contributed by atoms with Crippen molar-refractivity contribution in [1.82, 2.24) is 0 Å². The van der Waals surface area contributed by atoms with E-state index in [-0.39, 0.29) is 29.9 Å². The van der Waals surface area contributed by atoms with E-state index >= 15 is 0 Å². The molecule has 0 N–H and O–H groups in total. The van der Waals surface area contributed by atoms with Crippen LogP contribution < -0.4 is 0 Å². The minimum absolute atomic E-state index is 0. The molecule has 0 aliphatic carbocycles. The molecular weight excluding hydrogens is 271 g/mol. The van der Waals surface area contributed by atoms with E-state index in [1.807, 2.05) is 6.92 Å². The van der Waals surface area contributed by atoms with Crippen molar-refractivity contribution in [3.63, 3.8) is 0 Å². The van der Waals surface area contributed by atoms with Crippen LogP contribution in [0.2, 0.25) is 0 Å². The molecule has 0 saturated carbocycles. The van der Waals surface area contributed by atoms with E-state index in [1.54, 1.807) is 0 Å². The summed E-state index contributed by atoms with van der Waals surface area (Å²) in [5, 5.41) is 0. The summed E-state index contributed by atoms with van der Waals surface area (Å²) in [6.07, 6.45) is 6.08. The van der Waals surface area contributed by atoms with Gasteiger partial charge in [-0.3, -0.25) is 4.79 Å². The van der Waals surface area contributed by atoms with Crippen LogP contribution in [-0.4, -0.2) is 36.5 Å². The summed E-state index contributed by atoms with van der Waals surface area (Å²) in [5.41, 5.74) is 0. The summed E-state index contributed by atoms with van der Waals surface area (Å²) < 4.78 is 4.93. The molecule has 13 heavy (non-hydrogen) atoms. The molecule has 0 aliphatic heterocycles. The standard InChI is InChI=1S/C10H20O2.Sn/c1-3-5-6-7-8-10(11)12-9-4-2;/h3-9H2,1-2H3;. The number of hydrogen-bond acceptors (Lipinski definition) is 2. The van der Waals surface area contributed by atoms with Crippen molar-refractivity contribution in [2.24, 2.45) is 0 Å². The van der Waals surface area contributed by atoms with E-state index in [1.165, 1.54) is 12.8 Å². The molecule has 0 aromatic heterocycles. The molecular formula is C10H20O2Sn. The molecule has 0 saturated heterocycles. The van der Waals surface area contributed by atoms with Gasteiger partial charge in [-0.25, -0.2) is 0 Å². The topological polar surface area (TPSA) is 26.3 Å². The van der Waals surface area contributed by atoms with Gasteiger partial charge in [-0.15, -0.1) is 0 Å². The van der Waals surface area contributed by atoms with Gasteiger partial charge in [-0.1, -0.05) is 33.1 Å². The third-order valence-electron chi connectivity index (χ3n) is 1.70. The minimum atomic E-state index is -0.0343. The number of ether oxygens (including phenoxy) is 1. The minimum Gasteiger partial charge on any atom is -0.466 e. The molecule has 3 heteroatoms. The average Bonchev–Trinajstić information content (AvgIpc) is 2.09. The summed E-state index contributed by atoms with van der Waals surface area (Å²) in [6.45, 7) is 4.74. The Bertz CT molecular complexity index is 115. The Balaban J connectivity index is 0. The number of carbonyl (C=O) groups is 1. The Kier molecular flexibility index (Phi) is 14.8. The molecule has 0 atom stereocenters. The normalized spacial score (nSPS) is 9.08. The van der Waals surface area contributed by atoms with E-state index in [9.17, 15) is 4.79 Å². The van der Waals surface area contributed by atoms with Crippen molar-refractivity contribution in [2.75, 3.05) is 6.61 Å². The van der Waals surface area contributed by atoms with Crippen molar-refractivity contribution in [2.45, 2.75) is 52.4 Å². The molecule has 0 aliphatic rings. The van der Waals surface area contributed by atoms with Gasteiger partial charge in [0.25, 0.3) is 0 Å². The predicted molar refractivity (Wildman–Crippen MR) is 55.8 cm³/mol. The van der Waals surface area contributed by atoms with Crippen LogP contribution in [0.4, 0.5) is 0 Å². The smallest absolute Gasteiger partial charge is 0.305 e. The molecule has 76 valence electrons. The summed E-state index contributed by atoms with van der Waals surface area (Å²) in [7, 11) is 0. The van der Waals surface area contributed by atoms with Crippen molar-refractivity contribution >= 4 is 29.9 Å². The van der Waals surface area contributed by atoms with E-state index in [0.717, 1.165) is 19.3 Å². The van der Waals surface area contributed by atoms with E-state index in [4.69, 9.17) is 4.74 Å². The monoisotopic (exact) mass is 292 g/mol. The summed E-state index contributed by atoms with van der Waals surface area (Å²) in [5.74, 6) is -0.0343. The fourth-order valence-electron chi connectivity index (χ4n) is 0.984. The van der Waals surface area contributed by atoms with E-state index in [0.29, 0.717) is 13.0 Å². The maximum atomic E-state index is 10.9. The van der Waals surface area contributed by atoms with E-state index < -0.39 is 0 Å². The summed E-state index contributed by atoms with van der Waals surface area (Å²) in [6, 6.07) is 0. The van der Waals surface area contributed by atoms with E-state index in [2.05, 4.69) is 6.92 Å². The molecule has 0 heterocycles. The number of hydrogen-bond donors (Lipinski definition) is 0. The summed E-state index contributed by atoms with van der Waals surface area (Å²) in [4.78, 5) is 10.9. The second kappa shape index (κ2) is 12.3. The number of unbranched alkanes of at least 4 members (excludes halogenated alkanes) is 3. The fraction of sp³-hybridized carbons (Fsp3) is 0.900. The Morgan fingerprint density at radius 1 is 1.08 bits per heavy atom. The maximum absolute atomic E-state index is 10.9. The van der Waals surface area contributed by atoms with Crippen molar-refractivity contribution in [3.05, 3.63) is 0 Å². The van der Waals surface area contributed by atoms with Gasteiger partial charge in [-0.2, -0.15) is 0 Å². The first-order valence-electron chi connectivity index (χ1n) is 4.96. The Labute approximate surface area is 98.4 Å². The molecule has 0 bridgehead atoms. The van der Waals surface area contributed by atoms with Crippen molar-refractivity contribution in [1.29, 1.82) is 0 Å². The zero-order chi connectivity index (χ0) is 9.23. The zero-order valence-electron chi connectivity index (χ0n) is 8.77. The van der Waals surface area contributed by atoms with Gasteiger partial charge in [0.1, 0.15) is 0 Å². The average molecular weight is 291 g/mol. The quantitative estimate of drug-likeness (QED) is 0.409. The van der Waals surface area contributed by atoms with Crippen LogP contribution in [0.1, 0.15) is 52.4 Å². The van der Waals surface area contributed by atoms with Gasteiger partial charge in [0.05, 0.1) is 6.61 Å². The number of rotatable bonds is 7. The molecule has 4 radical (unpaired) electrons. The first kappa shape index (κ1) is 15.7. The molecule has 0 aromatic carbocycles. The Hall–Kier alpha value is 0.269. The maximum Gasteiger partial charge on any atom is 0.305 e. The Morgan fingerprint density at radius 2 is 1.77 bits per heavy atom. The van der Waals surface area contributed by atoms with Gasteiger partial charge in [0.15, 0.2) is 0 Å². The van der Waals surface area contributed by atoms with Gasteiger partial charge < -0.3 is 4.74 Å². The fourth-order valence-corrected chi connectivity index (χ4v) is 0.984. The second-order valence-electron chi connectivity index (χ2n) is 3.03. The predicted octanol–water partition coefficient (Wildman–Crippen LogP) is 2.53. The SMILES string of the molecule is CCCCCCC(=O)OCCC.[Sn]. The zero-order valence-corrected chi connectivity index (χ0v) is 11.6. The number of esters is 1. The molecule has 0 unspecified atom stereocenters. The molecule has 0 rings (SSSR count). The molecule has 2 nitrogen and oxygen atoms in total. The van der Waals surface area contributed by atoms with Crippen LogP contribution in [0, 0.1) is 0 Å². The van der Waals surface area contributed by atoms with Gasteiger partial charge in [-0.05, 0) is 12.8 Å². The molecule has 0 amide bonds. The van der Waals surface area contributed by atoms with Crippen LogP contribution in [0.5, 0.6) is 0 Å². The van der Waals surface area contributed by atoms with Crippen molar-refractivity contribution in [3.8, 4) is 0 Å². The molecule has 0 fully saturated rings. The first-order chi connectivity index (χ1) is 5.81. The molecule has 0 spiro atoms. The third-order valence-corrected chi connectivity index (χ3v) is 1.70. The second-order valence-corrected chi connectivity index (χ2v) is 3.03. The third kappa shape index (κ3) is 12.3. The van der Waals surface area contributed by atoms with Gasteiger partial charge in [0.2, 0.25) is 0 Å². The summed E-state index contributed by atoms with van der Waals surface area (Å²) >= 11 is 0. The first-order valence-corrected chi connectivity index (χ1v) is 4.96. The number of carbonyl (C=O) groups excluding carboxylic acids is 1. The van der Waals surface area contributed by atoms with Gasteiger partial charge >= 0.3 is 5.97 Å². The van der Waals surface area contributed by atoms with Crippen molar-refractivity contribution < 1.29 is 9.53 Å². The largest absolute Gasteiger partial charge is 0.466 e. The van der Waals surface area contributed by atoms with Gasteiger partial charge in [0, 0.05) is 30.3 Å².